The van der Waals surface area contributed by atoms with Crippen molar-refractivity contribution in [3.63, 3.8) is 0 Å². The lowest BCUT2D eigenvalue weighted by molar-refractivity contribution is 0.443. The summed E-state index contributed by atoms with van der Waals surface area (Å²) in [5.41, 5.74) is 17.5. The van der Waals surface area contributed by atoms with Crippen LogP contribution in [0.5, 0.6) is 5.75 Å². The fourth-order valence-corrected chi connectivity index (χ4v) is 9.89. The summed E-state index contributed by atoms with van der Waals surface area (Å²) in [6, 6.07) is 60.6. The summed E-state index contributed by atoms with van der Waals surface area (Å²) in [4.78, 5) is 10.6. The highest BCUT2D eigenvalue weighted by molar-refractivity contribution is 5.98. The van der Waals surface area contributed by atoms with Crippen LogP contribution >= 0.6 is 0 Å². The monoisotopic (exact) mass is 861 g/mol. The number of fused-ring (bicyclic) bond motifs is 1. The van der Waals surface area contributed by atoms with Crippen LogP contribution in [-0.4, -0.2) is 19.6 Å². The molecule has 9 aromatic rings. The zero-order valence-corrected chi connectivity index (χ0v) is 39.1. The van der Waals surface area contributed by atoms with Crippen LogP contribution in [0.2, 0.25) is 0 Å². The van der Waals surface area contributed by atoms with Gasteiger partial charge in [0.1, 0.15) is 11.6 Å². The van der Waals surface area contributed by atoms with E-state index in [0.29, 0.717) is 17.3 Å². The summed E-state index contributed by atoms with van der Waals surface area (Å²) in [5, 5.41) is 12.3. The third-order valence-corrected chi connectivity index (χ3v) is 13.7. The molecular weight excluding hydrogens is 803 g/mol. The number of benzene rings is 7. The Morgan fingerprint density at radius 2 is 1.12 bits per heavy atom. The first-order chi connectivity index (χ1) is 31.9. The first-order valence-corrected chi connectivity index (χ1v) is 23.7. The molecule has 0 radical (unpaired) electrons. The molecule has 1 aliphatic rings. The van der Waals surface area contributed by atoms with E-state index in [1.54, 1.807) is 0 Å². The Morgan fingerprint density at radius 3 is 1.82 bits per heavy atom. The third kappa shape index (κ3) is 8.37. The summed E-state index contributed by atoms with van der Waals surface area (Å²) in [7, 11) is 0. The Kier molecular flexibility index (Phi) is 11.3. The van der Waals surface area contributed by atoms with Crippen LogP contribution < -0.4 is 0 Å². The summed E-state index contributed by atoms with van der Waals surface area (Å²) in [6.45, 7) is 13.6. The van der Waals surface area contributed by atoms with Crippen molar-refractivity contribution in [2.24, 2.45) is 0 Å². The number of phenolic OH excluding ortho intramolecular Hbond substituents is 1. The molecule has 4 heteroatoms. The van der Waals surface area contributed by atoms with Gasteiger partial charge in [0.25, 0.3) is 0 Å². The van der Waals surface area contributed by atoms with Crippen molar-refractivity contribution in [1.82, 2.24) is 14.5 Å². The zero-order valence-electron chi connectivity index (χ0n) is 39.1. The van der Waals surface area contributed by atoms with Crippen LogP contribution in [-0.2, 0) is 10.8 Å². The minimum absolute atomic E-state index is 0.0688. The number of imidazole rings is 1. The van der Waals surface area contributed by atoms with Crippen LogP contribution in [0.15, 0.2) is 176 Å². The SMILES string of the molecule is CC(C)(C)c1cc(-c2cc(-c3ccc(C4CCCCC4)cc3)ccn2)cc(-c2cccc3c2nc(-c2cccc(-c4ccccc4)c2O)n3-c2ccc(C(C)(C)C)cc2-c2ccccc2)c1. The fourth-order valence-electron chi connectivity index (χ4n) is 9.89. The van der Waals surface area contributed by atoms with E-state index in [9.17, 15) is 5.11 Å². The van der Waals surface area contributed by atoms with Crippen molar-refractivity contribution >= 4 is 11.0 Å². The van der Waals surface area contributed by atoms with Gasteiger partial charge in [-0.2, -0.15) is 0 Å². The van der Waals surface area contributed by atoms with Gasteiger partial charge >= 0.3 is 0 Å². The lowest BCUT2D eigenvalue weighted by Crippen LogP contribution is -2.12. The number of aromatic nitrogens is 3. The summed E-state index contributed by atoms with van der Waals surface area (Å²) >= 11 is 0. The number of para-hydroxylation sites is 2. The predicted molar refractivity (Wildman–Crippen MR) is 276 cm³/mol. The number of hydrogen-bond acceptors (Lipinski definition) is 3. The van der Waals surface area contributed by atoms with E-state index >= 15 is 0 Å². The lowest BCUT2D eigenvalue weighted by atomic mass is 9.83. The summed E-state index contributed by atoms with van der Waals surface area (Å²) in [6.07, 6.45) is 8.57. The minimum Gasteiger partial charge on any atom is -0.507 e. The molecule has 1 aliphatic carbocycles. The van der Waals surface area contributed by atoms with E-state index in [4.69, 9.17) is 9.97 Å². The molecule has 0 spiro atoms. The minimum atomic E-state index is -0.140. The van der Waals surface area contributed by atoms with E-state index in [0.717, 1.165) is 66.9 Å². The number of pyridine rings is 1. The van der Waals surface area contributed by atoms with Gasteiger partial charge < -0.3 is 5.11 Å². The van der Waals surface area contributed by atoms with Gasteiger partial charge in [0, 0.05) is 28.5 Å². The maximum absolute atomic E-state index is 12.3. The molecule has 4 nitrogen and oxygen atoms in total. The molecule has 328 valence electrons. The van der Waals surface area contributed by atoms with Crippen LogP contribution in [0.3, 0.4) is 0 Å². The van der Waals surface area contributed by atoms with E-state index in [1.807, 2.05) is 54.7 Å². The topological polar surface area (TPSA) is 50.9 Å². The molecule has 1 N–H and O–H groups in total. The highest BCUT2D eigenvalue weighted by Gasteiger charge is 2.26. The van der Waals surface area contributed by atoms with Gasteiger partial charge in [-0.25, -0.2) is 4.98 Å². The molecule has 0 saturated heterocycles. The molecule has 7 aromatic carbocycles. The summed E-state index contributed by atoms with van der Waals surface area (Å²) in [5.74, 6) is 1.54. The summed E-state index contributed by atoms with van der Waals surface area (Å²) < 4.78 is 2.26. The van der Waals surface area contributed by atoms with Crippen LogP contribution in [0, 0.1) is 0 Å². The fraction of sp³-hybridized carbons (Fsp3) is 0.226. The van der Waals surface area contributed by atoms with Crippen molar-refractivity contribution in [2.45, 2.75) is 90.4 Å². The number of nitrogens with zero attached hydrogens (tertiary/aromatic N) is 3. The van der Waals surface area contributed by atoms with Crippen LogP contribution in [0.4, 0.5) is 0 Å². The number of hydrogen-bond donors (Lipinski definition) is 1. The molecule has 10 rings (SSSR count). The van der Waals surface area contributed by atoms with E-state index in [2.05, 4.69) is 167 Å². The number of phenols is 1. The second-order valence-electron chi connectivity index (χ2n) is 20.3. The molecule has 2 aromatic heterocycles. The Morgan fingerprint density at radius 1 is 0.485 bits per heavy atom. The van der Waals surface area contributed by atoms with Crippen molar-refractivity contribution in [1.29, 1.82) is 0 Å². The molecule has 1 saturated carbocycles. The molecular formula is C62H59N3O. The van der Waals surface area contributed by atoms with E-state index in [-0.39, 0.29) is 16.6 Å². The van der Waals surface area contributed by atoms with Crippen molar-refractivity contribution in [3.05, 3.63) is 193 Å². The van der Waals surface area contributed by atoms with Crippen molar-refractivity contribution < 1.29 is 5.11 Å². The smallest absolute Gasteiger partial charge is 0.149 e. The predicted octanol–water partition coefficient (Wildman–Crippen LogP) is 16.8. The quantitative estimate of drug-likeness (QED) is 0.166. The highest BCUT2D eigenvalue weighted by atomic mass is 16.3. The molecule has 0 atom stereocenters. The van der Waals surface area contributed by atoms with Gasteiger partial charge in [0.2, 0.25) is 0 Å². The van der Waals surface area contributed by atoms with E-state index < -0.39 is 0 Å². The number of rotatable bonds is 8. The molecule has 0 unspecified atom stereocenters. The zero-order chi connectivity index (χ0) is 45.6. The second-order valence-corrected chi connectivity index (χ2v) is 20.3. The first kappa shape index (κ1) is 42.9. The van der Waals surface area contributed by atoms with Crippen molar-refractivity contribution in [2.75, 3.05) is 0 Å². The molecule has 1 fully saturated rings. The molecule has 2 heterocycles. The van der Waals surface area contributed by atoms with Gasteiger partial charge in [0.15, 0.2) is 0 Å². The Bertz CT molecular complexity index is 3180. The Labute approximate surface area is 390 Å². The standard InChI is InChI=1S/C62H59N3O/c1-61(2,3)49-32-33-56(54(40-49)45-22-14-9-15-23-45)65-57-27-17-24-51(58(57)64-60(65)53-26-16-25-52(59(53)66)44-20-12-8-13-21-44)47-36-48(38-50(37-47)62(4,5)6)55-39-46(34-35-63-55)43-30-28-42(29-31-43)41-18-10-7-11-19-41/h8-9,12-17,20-41,66H,7,10-11,18-19H2,1-6H3. The number of aromatic hydroxyl groups is 1. The molecule has 0 amide bonds. The molecule has 66 heavy (non-hydrogen) atoms. The average Bonchev–Trinajstić information content (AvgIpc) is 3.73. The van der Waals surface area contributed by atoms with Gasteiger partial charge in [-0.05, 0) is 123 Å². The van der Waals surface area contributed by atoms with Gasteiger partial charge in [-0.15, -0.1) is 0 Å². The lowest BCUT2D eigenvalue weighted by Gasteiger charge is -2.23. The Balaban J connectivity index is 1.17. The van der Waals surface area contributed by atoms with Crippen LogP contribution in [0.1, 0.15) is 96.3 Å². The maximum Gasteiger partial charge on any atom is 0.149 e. The largest absolute Gasteiger partial charge is 0.507 e. The average molecular weight is 862 g/mol. The normalized spacial score (nSPS) is 13.6. The second kappa shape index (κ2) is 17.4. The van der Waals surface area contributed by atoms with Gasteiger partial charge in [-0.3, -0.25) is 9.55 Å². The maximum atomic E-state index is 12.3. The Hall–Kier alpha value is -7.04. The van der Waals surface area contributed by atoms with Crippen LogP contribution in [0.25, 0.3) is 83.9 Å². The third-order valence-electron chi connectivity index (χ3n) is 13.7. The molecule has 0 bridgehead atoms. The molecule has 0 aliphatic heterocycles. The van der Waals surface area contributed by atoms with Gasteiger partial charge in [0.05, 0.1) is 28.0 Å². The highest BCUT2D eigenvalue weighted by Crippen LogP contribution is 2.45. The van der Waals surface area contributed by atoms with Gasteiger partial charge in [-0.1, -0.05) is 182 Å². The van der Waals surface area contributed by atoms with E-state index in [1.165, 1.54) is 54.4 Å². The van der Waals surface area contributed by atoms with Crippen molar-refractivity contribution in [3.8, 4) is 78.6 Å². The first-order valence-electron chi connectivity index (χ1n) is 23.7.